The zero-order chi connectivity index (χ0) is 10.5. The molecular weight excluding hydrogens is 176 g/mol. The Labute approximate surface area is 82.8 Å². The van der Waals surface area contributed by atoms with Crippen molar-refractivity contribution in [3.05, 3.63) is 49.0 Å². The first kappa shape index (κ1) is 7.32. The Kier molecular flexibility index (Phi) is 2.21. The number of nitrogens with zero attached hydrogens (tertiary/aromatic N) is 4. The zero-order valence-electron chi connectivity index (χ0n) is 8.33. The molecule has 0 aromatic carbocycles. The van der Waals surface area contributed by atoms with Gasteiger partial charge >= 0.3 is 0 Å². The van der Waals surface area contributed by atoms with Crippen LogP contribution in [0.1, 0.15) is 1.37 Å². The zero-order valence-corrected chi connectivity index (χ0v) is 7.33. The van der Waals surface area contributed by atoms with Gasteiger partial charge in [0.25, 0.3) is 0 Å². The van der Waals surface area contributed by atoms with Crippen molar-refractivity contribution in [3.63, 3.8) is 0 Å². The van der Waals surface area contributed by atoms with E-state index in [1.165, 1.54) is 6.20 Å². The summed E-state index contributed by atoms with van der Waals surface area (Å²) in [7, 11) is 0. The third kappa shape index (κ3) is 2.20. The van der Waals surface area contributed by atoms with Crippen molar-refractivity contribution in [1.29, 1.82) is 0 Å². The minimum Gasteiger partial charge on any atom is -0.265 e. The first-order chi connectivity index (χ1) is 7.34. The molecule has 0 radical (unpaired) electrons. The largest absolute Gasteiger partial charge is 0.265 e. The standard InChI is InChI=1S/C10H8N4/c1-5-11-6-2-9(1)13-14-10-3-7-12-8-4-10/h1-8H/i5D. The Balaban J connectivity index is 2.19. The summed E-state index contributed by atoms with van der Waals surface area (Å²) < 4.78 is 7.30. The van der Waals surface area contributed by atoms with Crippen molar-refractivity contribution in [1.82, 2.24) is 9.97 Å². The molecule has 2 heterocycles. The van der Waals surface area contributed by atoms with Gasteiger partial charge in [-0.05, 0) is 24.3 Å². The van der Waals surface area contributed by atoms with Gasteiger partial charge in [-0.1, -0.05) is 0 Å². The first-order valence-corrected chi connectivity index (χ1v) is 4.09. The summed E-state index contributed by atoms with van der Waals surface area (Å²) in [5, 5.41) is 7.97. The van der Waals surface area contributed by atoms with E-state index in [0.717, 1.165) is 5.69 Å². The number of rotatable bonds is 2. The normalized spacial score (nSPS) is 11.6. The van der Waals surface area contributed by atoms with Crippen LogP contribution in [0.3, 0.4) is 0 Å². The van der Waals surface area contributed by atoms with Gasteiger partial charge in [-0.15, -0.1) is 0 Å². The second-order valence-electron chi connectivity index (χ2n) is 2.55. The third-order valence-electron chi connectivity index (χ3n) is 1.55. The molecular formula is C10H8N4. The maximum atomic E-state index is 7.30. The van der Waals surface area contributed by atoms with Gasteiger partial charge < -0.3 is 0 Å². The number of hydrogen-bond donors (Lipinski definition) is 0. The molecule has 2 aromatic heterocycles. The predicted molar refractivity (Wildman–Crippen MR) is 52.7 cm³/mol. The fourth-order valence-corrected chi connectivity index (χ4v) is 0.897. The maximum absolute atomic E-state index is 7.30. The molecule has 0 unspecified atom stereocenters. The van der Waals surface area contributed by atoms with Crippen LogP contribution in [-0.4, -0.2) is 9.97 Å². The Morgan fingerprint density at radius 3 is 2.07 bits per heavy atom. The fraction of sp³-hybridized carbons (Fsp3) is 0. The molecule has 2 rings (SSSR count). The lowest BCUT2D eigenvalue weighted by molar-refractivity contribution is 1.19. The summed E-state index contributed by atoms with van der Waals surface area (Å²) in [6.45, 7) is 0. The van der Waals surface area contributed by atoms with Gasteiger partial charge in [0.15, 0.2) is 0 Å². The number of pyridine rings is 2. The summed E-state index contributed by atoms with van der Waals surface area (Å²) in [6, 6.07) is 6.76. The molecule has 0 fully saturated rings. The van der Waals surface area contributed by atoms with Crippen LogP contribution in [-0.2, 0) is 0 Å². The first-order valence-electron chi connectivity index (χ1n) is 4.59. The van der Waals surface area contributed by atoms with Gasteiger partial charge in [-0.2, -0.15) is 10.2 Å². The van der Waals surface area contributed by atoms with Crippen molar-refractivity contribution < 1.29 is 1.37 Å². The lowest BCUT2D eigenvalue weighted by Crippen LogP contribution is -1.68. The predicted octanol–water partition coefficient (Wildman–Crippen LogP) is 2.89. The van der Waals surface area contributed by atoms with Crippen LogP contribution in [0.4, 0.5) is 11.4 Å². The second kappa shape index (κ2) is 4.23. The summed E-state index contributed by atoms with van der Waals surface area (Å²) in [5.41, 5.74) is 1.35. The Hall–Kier alpha value is -2.10. The van der Waals surface area contributed by atoms with Crippen LogP contribution in [0.2, 0.25) is 0 Å². The van der Waals surface area contributed by atoms with Crippen molar-refractivity contribution in [2.45, 2.75) is 0 Å². The van der Waals surface area contributed by atoms with Crippen LogP contribution in [0, 0.1) is 0 Å². The summed E-state index contributed by atoms with van der Waals surface area (Å²) >= 11 is 0. The quantitative estimate of drug-likeness (QED) is 0.675. The van der Waals surface area contributed by atoms with E-state index < -0.39 is 0 Å². The van der Waals surface area contributed by atoms with E-state index in [2.05, 4.69) is 20.2 Å². The Morgan fingerprint density at radius 1 is 0.857 bits per heavy atom. The number of azo groups is 1. The molecule has 14 heavy (non-hydrogen) atoms. The van der Waals surface area contributed by atoms with Crippen molar-refractivity contribution in [3.8, 4) is 0 Å². The van der Waals surface area contributed by atoms with Crippen LogP contribution in [0.25, 0.3) is 0 Å². The molecule has 4 heteroatoms. The molecule has 0 aliphatic rings. The van der Waals surface area contributed by atoms with Crippen LogP contribution in [0.15, 0.2) is 59.3 Å². The van der Waals surface area contributed by atoms with Gasteiger partial charge in [0.1, 0.15) is 0 Å². The number of hydrogen-bond acceptors (Lipinski definition) is 4. The number of aromatic nitrogens is 2. The molecule has 0 N–H and O–H groups in total. The van der Waals surface area contributed by atoms with Gasteiger partial charge in [-0.3, -0.25) is 9.97 Å². The lowest BCUT2D eigenvalue weighted by Gasteiger charge is -1.90. The molecule has 4 nitrogen and oxygen atoms in total. The minimum absolute atomic E-state index is 0.182. The van der Waals surface area contributed by atoms with E-state index in [1.54, 1.807) is 36.7 Å². The van der Waals surface area contributed by atoms with E-state index in [9.17, 15) is 0 Å². The molecule has 2 aromatic rings. The highest BCUT2D eigenvalue weighted by molar-refractivity contribution is 5.36. The van der Waals surface area contributed by atoms with E-state index in [1.807, 2.05) is 0 Å². The highest BCUT2D eigenvalue weighted by Gasteiger charge is 1.87. The smallest absolute Gasteiger partial charge is 0.0887 e. The fourth-order valence-electron chi connectivity index (χ4n) is 0.897. The van der Waals surface area contributed by atoms with Crippen molar-refractivity contribution in [2.24, 2.45) is 10.2 Å². The molecule has 0 spiro atoms. The summed E-state index contributed by atoms with van der Waals surface area (Å²) in [4.78, 5) is 7.62. The van der Waals surface area contributed by atoms with Crippen molar-refractivity contribution in [2.75, 3.05) is 0 Å². The van der Waals surface area contributed by atoms with Crippen LogP contribution < -0.4 is 0 Å². The molecule has 0 aliphatic carbocycles. The third-order valence-corrected chi connectivity index (χ3v) is 1.55. The van der Waals surface area contributed by atoms with E-state index in [0.29, 0.717) is 5.69 Å². The van der Waals surface area contributed by atoms with Gasteiger partial charge in [0.2, 0.25) is 0 Å². The molecule has 0 saturated heterocycles. The average molecular weight is 185 g/mol. The Morgan fingerprint density at radius 2 is 1.43 bits per heavy atom. The molecule has 0 bridgehead atoms. The van der Waals surface area contributed by atoms with Crippen LogP contribution in [0.5, 0.6) is 0 Å². The minimum atomic E-state index is 0.182. The Bertz CT molecular complexity index is 470. The van der Waals surface area contributed by atoms with E-state index in [4.69, 9.17) is 1.37 Å². The van der Waals surface area contributed by atoms with Crippen molar-refractivity contribution >= 4 is 11.4 Å². The van der Waals surface area contributed by atoms with Gasteiger partial charge in [-0.25, -0.2) is 0 Å². The SMILES string of the molecule is [2H]c1cc(N=Nc2ccncc2)ccn1. The van der Waals surface area contributed by atoms with Gasteiger partial charge in [0.05, 0.1) is 12.7 Å². The molecule has 0 saturated carbocycles. The molecule has 0 amide bonds. The molecule has 0 atom stereocenters. The second-order valence-corrected chi connectivity index (χ2v) is 2.55. The van der Waals surface area contributed by atoms with Gasteiger partial charge in [0, 0.05) is 24.8 Å². The average Bonchev–Trinajstić information content (AvgIpc) is 2.28. The topological polar surface area (TPSA) is 50.5 Å². The molecule has 68 valence electrons. The van der Waals surface area contributed by atoms with Crippen LogP contribution >= 0.6 is 0 Å². The highest BCUT2D eigenvalue weighted by atomic mass is 15.1. The highest BCUT2D eigenvalue weighted by Crippen LogP contribution is 2.15. The monoisotopic (exact) mass is 185 g/mol. The van der Waals surface area contributed by atoms with E-state index >= 15 is 0 Å². The maximum Gasteiger partial charge on any atom is 0.0887 e. The van der Waals surface area contributed by atoms with E-state index in [-0.39, 0.29) is 6.17 Å². The summed E-state index contributed by atoms with van der Waals surface area (Å²) in [6.07, 6.45) is 5.01. The lowest BCUT2D eigenvalue weighted by atomic mass is 10.4. The molecule has 0 aliphatic heterocycles. The summed E-state index contributed by atoms with van der Waals surface area (Å²) in [5.74, 6) is 0.